The first-order valence-corrected chi connectivity index (χ1v) is 6.37. The summed E-state index contributed by atoms with van der Waals surface area (Å²) in [7, 11) is 0. The predicted molar refractivity (Wildman–Crippen MR) is 79.5 cm³/mol. The standard InChI is InChI=1S/C15H17N3O2/c1-11-2-3-12(16)10-14(11)17-15(20)6-9-18-7-4-13(19)5-8-18/h2-5,7-8,10H,6,9,16H2,1H3,(H,17,20). The maximum Gasteiger partial charge on any atom is 0.226 e. The quantitative estimate of drug-likeness (QED) is 0.832. The minimum Gasteiger partial charge on any atom is -0.399 e. The molecule has 104 valence electrons. The second-order valence-electron chi connectivity index (χ2n) is 4.64. The van der Waals surface area contributed by atoms with Crippen LogP contribution < -0.4 is 16.5 Å². The Morgan fingerprint density at radius 2 is 1.95 bits per heavy atom. The smallest absolute Gasteiger partial charge is 0.226 e. The molecule has 0 saturated carbocycles. The second-order valence-corrected chi connectivity index (χ2v) is 4.64. The molecule has 0 bridgehead atoms. The van der Waals surface area contributed by atoms with Crippen molar-refractivity contribution < 1.29 is 4.79 Å². The third-order valence-electron chi connectivity index (χ3n) is 2.99. The van der Waals surface area contributed by atoms with Crippen molar-refractivity contribution in [3.8, 4) is 0 Å². The minimum absolute atomic E-state index is 0.0407. The van der Waals surface area contributed by atoms with Crippen LogP contribution in [0.25, 0.3) is 0 Å². The van der Waals surface area contributed by atoms with Gasteiger partial charge in [-0.2, -0.15) is 0 Å². The van der Waals surface area contributed by atoms with Gasteiger partial charge in [0.15, 0.2) is 5.43 Å². The van der Waals surface area contributed by atoms with E-state index in [1.165, 1.54) is 12.1 Å². The molecule has 0 aliphatic rings. The summed E-state index contributed by atoms with van der Waals surface area (Å²) >= 11 is 0. The van der Waals surface area contributed by atoms with Crippen molar-refractivity contribution in [3.05, 3.63) is 58.5 Å². The maximum atomic E-state index is 11.9. The number of nitrogens with two attached hydrogens (primary N) is 1. The van der Waals surface area contributed by atoms with Gasteiger partial charge in [0.25, 0.3) is 0 Å². The molecule has 0 unspecified atom stereocenters. The highest BCUT2D eigenvalue weighted by molar-refractivity contribution is 5.91. The molecule has 0 spiro atoms. The molecular formula is C15H17N3O2. The van der Waals surface area contributed by atoms with Crippen LogP contribution in [-0.4, -0.2) is 10.5 Å². The van der Waals surface area contributed by atoms with E-state index < -0.39 is 0 Å². The number of hydrogen-bond donors (Lipinski definition) is 2. The monoisotopic (exact) mass is 271 g/mol. The number of nitrogens with one attached hydrogen (secondary N) is 1. The van der Waals surface area contributed by atoms with Crippen molar-refractivity contribution in [2.75, 3.05) is 11.1 Å². The van der Waals surface area contributed by atoms with E-state index in [2.05, 4.69) is 5.32 Å². The molecule has 0 aliphatic heterocycles. The Balaban J connectivity index is 1.94. The van der Waals surface area contributed by atoms with Gasteiger partial charge in [0.05, 0.1) is 0 Å². The van der Waals surface area contributed by atoms with Crippen molar-refractivity contribution >= 4 is 17.3 Å². The molecule has 1 aromatic heterocycles. The molecule has 2 rings (SSSR count). The summed E-state index contributed by atoms with van der Waals surface area (Å²) < 4.78 is 1.80. The highest BCUT2D eigenvalue weighted by atomic mass is 16.1. The number of nitrogen functional groups attached to an aromatic ring is 1. The molecule has 3 N–H and O–H groups in total. The molecule has 0 aliphatic carbocycles. The molecule has 0 saturated heterocycles. The van der Waals surface area contributed by atoms with E-state index in [4.69, 9.17) is 5.73 Å². The zero-order valence-electron chi connectivity index (χ0n) is 11.3. The summed E-state index contributed by atoms with van der Waals surface area (Å²) in [4.78, 5) is 22.9. The van der Waals surface area contributed by atoms with E-state index in [9.17, 15) is 9.59 Å². The first-order chi connectivity index (χ1) is 9.54. The summed E-state index contributed by atoms with van der Waals surface area (Å²) in [5.74, 6) is -0.0857. The number of nitrogens with zero attached hydrogens (tertiary/aromatic N) is 1. The van der Waals surface area contributed by atoms with Crippen LogP contribution in [0.4, 0.5) is 11.4 Å². The van der Waals surface area contributed by atoms with Crippen molar-refractivity contribution in [1.29, 1.82) is 0 Å². The third-order valence-corrected chi connectivity index (χ3v) is 2.99. The molecule has 20 heavy (non-hydrogen) atoms. The largest absolute Gasteiger partial charge is 0.399 e. The zero-order chi connectivity index (χ0) is 14.5. The first kappa shape index (κ1) is 13.9. The van der Waals surface area contributed by atoms with Gasteiger partial charge in [-0.3, -0.25) is 9.59 Å². The molecule has 0 radical (unpaired) electrons. The Morgan fingerprint density at radius 3 is 2.65 bits per heavy atom. The Hall–Kier alpha value is -2.56. The lowest BCUT2D eigenvalue weighted by Gasteiger charge is -2.10. The summed E-state index contributed by atoms with van der Waals surface area (Å²) in [6.45, 7) is 2.43. The molecule has 2 aromatic rings. The third kappa shape index (κ3) is 3.71. The van der Waals surface area contributed by atoms with E-state index in [1.54, 1.807) is 29.1 Å². The molecule has 5 heteroatoms. The van der Waals surface area contributed by atoms with Crippen LogP contribution in [0.15, 0.2) is 47.5 Å². The number of carbonyl (C=O) groups is 1. The second kappa shape index (κ2) is 6.06. The molecule has 1 amide bonds. The van der Waals surface area contributed by atoms with Crippen LogP contribution in [0.2, 0.25) is 0 Å². The number of aromatic nitrogens is 1. The Bertz CT molecular complexity index is 657. The number of aryl methyl sites for hydroxylation is 2. The first-order valence-electron chi connectivity index (χ1n) is 6.37. The number of rotatable bonds is 4. The van der Waals surface area contributed by atoms with Crippen molar-refractivity contribution in [2.24, 2.45) is 0 Å². The normalized spacial score (nSPS) is 10.2. The highest BCUT2D eigenvalue weighted by Gasteiger charge is 2.05. The van der Waals surface area contributed by atoms with Crippen LogP contribution in [-0.2, 0) is 11.3 Å². The van der Waals surface area contributed by atoms with Crippen LogP contribution in [0.5, 0.6) is 0 Å². The fraction of sp³-hybridized carbons (Fsp3) is 0.200. The van der Waals surface area contributed by atoms with Gasteiger partial charge < -0.3 is 15.6 Å². The SMILES string of the molecule is Cc1ccc(N)cc1NC(=O)CCn1ccc(=O)cc1. The fourth-order valence-corrected chi connectivity index (χ4v) is 1.81. The topological polar surface area (TPSA) is 77.1 Å². The van der Waals surface area contributed by atoms with E-state index in [0.717, 1.165) is 11.3 Å². The highest BCUT2D eigenvalue weighted by Crippen LogP contribution is 2.18. The van der Waals surface area contributed by atoms with Crippen LogP contribution >= 0.6 is 0 Å². The lowest BCUT2D eigenvalue weighted by molar-refractivity contribution is -0.116. The van der Waals surface area contributed by atoms with E-state index in [0.29, 0.717) is 18.7 Å². The van der Waals surface area contributed by atoms with Crippen molar-refractivity contribution in [3.63, 3.8) is 0 Å². The van der Waals surface area contributed by atoms with Crippen molar-refractivity contribution in [2.45, 2.75) is 19.9 Å². The van der Waals surface area contributed by atoms with Gasteiger partial charge in [-0.15, -0.1) is 0 Å². The Kier molecular flexibility index (Phi) is 4.20. The van der Waals surface area contributed by atoms with Crippen LogP contribution in [0.1, 0.15) is 12.0 Å². The zero-order valence-corrected chi connectivity index (χ0v) is 11.3. The van der Waals surface area contributed by atoms with E-state index >= 15 is 0 Å². The summed E-state index contributed by atoms with van der Waals surface area (Å²) in [6, 6.07) is 8.35. The van der Waals surface area contributed by atoms with E-state index in [1.807, 2.05) is 13.0 Å². The number of pyridine rings is 1. The number of anilines is 2. The number of benzene rings is 1. The number of amides is 1. The van der Waals surface area contributed by atoms with Gasteiger partial charge in [-0.25, -0.2) is 0 Å². The van der Waals surface area contributed by atoms with Crippen LogP contribution in [0, 0.1) is 6.92 Å². The number of carbonyl (C=O) groups excluding carboxylic acids is 1. The summed E-state index contributed by atoms with van der Waals surface area (Å²) in [5.41, 5.74) is 7.97. The molecule has 1 heterocycles. The average molecular weight is 271 g/mol. The average Bonchev–Trinajstić information content (AvgIpc) is 2.42. The molecule has 5 nitrogen and oxygen atoms in total. The maximum absolute atomic E-state index is 11.9. The van der Waals surface area contributed by atoms with Gasteiger partial charge in [0, 0.05) is 48.9 Å². The molecule has 0 fully saturated rings. The molecular weight excluding hydrogens is 254 g/mol. The lowest BCUT2D eigenvalue weighted by atomic mass is 10.2. The molecule has 0 atom stereocenters. The van der Waals surface area contributed by atoms with Crippen molar-refractivity contribution in [1.82, 2.24) is 4.57 Å². The fourth-order valence-electron chi connectivity index (χ4n) is 1.81. The Morgan fingerprint density at radius 1 is 1.25 bits per heavy atom. The predicted octanol–water partition coefficient (Wildman–Crippen LogP) is 1.77. The van der Waals surface area contributed by atoms with Gasteiger partial charge in [-0.05, 0) is 24.6 Å². The van der Waals surface area contributed by atoms with Gasteiger partial charge in [0.2, 0.25) is 5.91 Å². The van der Waals surface area contributed by atoms with Gasteiger partial charge in [0.1, 0.15) is 0 Å². The van der Waals surface area contributed by atoms with Crippen LogP contribution in [0.3, 0.4) is 0 Å². The summed E-state index contributed by atoms with van der Waals surface area (Å²) in [6.07, 6.45) is 3.67. The Labute approximate surface area is 117 Å². The van der Waals surface area contributed by atoms with E-state index in [-0.39, 0.29) is 11.3 Å². The summed E-state index contributed by atoms with van der Waals surface area (Å²) in [5, 5.41) is 2.84. The lowest BCUT2D eigenvalue weighted by Crippen LogP contribution is -2.15. The number of hydrogen-bond acceptors (Lipinski definition) is 3. The van der Waals surface area contributed by atoms with Gasteiger partial charge in [-0.1, -0.05) is 6.07 Å². The van der Waals surface area contributed by atoms with Gasteiger partial charge >= 0.3 is 0 Å². The molecule has 1 aromatic carbocycles. The minimum atomic E-state index is -0.0857.